The second-order valence-corrected chi connectivity index (χ2v) is 7.97. The first-order valence-corrected chi connectivity index (χ1v) is 10.0. The summed E-state index contributed by atoms with van der Waals surface area (Å²) >= 11 is 2.73. The Balaban J connectivity index is 1.50. The number of nitrogen functional groups attached to an aromatic ring is 1. The highest BCUT2D eigenvalue weighted by Gasteiger charge is 2.54. The molecule has 0 bridgehead atoms. The third-order valence-electron chi connectivity index (χ3n) is 4.33. The van der Waals surface area contributed by atoms with Crippen molar-refractivity contribution in [3.05, 3.63) is 28.6 Å². The Labute approximate surface area is 157 Å². The van der Waals surface area contributed by atoms with Gasteiger partial charge in [-0.2, -0.15) is 0 Å². The summed E-state index contributed by atoms with van der Waals surface area (Å²) in [6, 6.07) is -0.631. The molecule has 26 heavy (non-hydrogen) atoms. The van der Waals surface area contributed by atoms with Crippen molar-refractivity contribution in [2.45, 2.75) is 31.2 Å². The quantitative estimate of drug-likeness (QED) is 0.447. The molecular formula is C16H16N4O4S2. The Kier molecular flexibility index (Phi) is 4.23. The predicted octanol–water partition coefficient (Wildman–Crippen LogP) is 1.08. The number of thioether (sulfide) groups is 1. The van der Waals surface area contributed by atoms with Crippen LogP contribution in [0, 0.1) is 0 Å². The van der Waals surface area contributed by atoms with Crippen molar-refractivity contribution in [1.29, 1.82) is 0 Å². The average molecular weight is 392 g/mol. The maximum Gasteiger partial charge on any atom is 0.317 e. The van der Waals surface area contributed by atoms with E-state index in [1.807, 2.05) is 6.92 Å². The number of β-lactam (4-membered cyclic amide) rings is 1. The van der Waals surface area contributed by atoms with E-state index in [1.165, 1.54) is 23.1 Å². The lowest BCUT2D eigenvalue weighted by Gasteiger charge is -2.48. The van der Waals surface area contributed by atoms with Crippen LogP contribution < -0.4 is 11.1 Å². The summed E-state index contributed by atoms with van der Waals surface area (Å²) in [6.45, 7) is 1.92. The van der Waals surface area contributed by atoms with E-state index in [0.29, 0.717) is 40.0 Å². The number of carbonyl (C=O) groups excluding carboxylic acids is 3. The molecule has 136 valence electrons. The smallest absolute Gasteiger partial charge is 0.317 e. The number of ether oxygens (including phenoxy) is 1. The van der Waals surface area contributed by atoms with Gasteiger partial charge in [0.1, 0.15) is 17.2 Å². The van der Waals surface area contributed by atoms with Crippen molar-refractivity contribution in [3.63, 3.8) is 0 Å². The number of hydrogen-bond donors (Lipinski definition) is 2. The van der Waals surface area contributed by atoms with Crippen LogP contribution in [0.5, 0.6) is 0 Å². The van der Waals surface area contributed by atoms with Gasteiger partial charge in [-0.15, -0.1) is 23.1 Å². The van der Waals surface area contributed by atoms with Crippen LogP contribution in [0.3, 0.4) is 0 Å². The molecule has 3 aliphatic heterocycles. The molecular weight excluding hydrogens is 376 g/mol. The van der Waals surface area contributed by atoms with Crippen LogP contribution in [-0.2, 0) is 19.1 Å². The highest BCUT2D eigenvalue weighted by Crippen LogP contribution is 2.44. The van der Waals surface area contributed by atoms with Gasteiger partial charge in [0.2, 0.25) is 0 Å². The van der Waals surface area contributed by atoms with E-state index in [2.05, 4.69) is 10.3 Å². The molecule has 4 heterocycles. The molecule has 3 aliphatic rings. The SMILES string of the molecule is CC/C=C(\C(=O)N[C@@H]1C(=O)N2C3=C(CS[C@H]12)OC(=O)C3)c1csc(N)n1. The number of thiazole rings is 1. The molecule has 0 unspecified atom stereocenters. The Morgan fingerprint density at radius 2 is 2.35 bits per heavy atom. The van der Waals surface area contributed by atoms with Crippen LogP contribution in [0.4, 0.5) is 5.13 Å². The van der Waals surface area contributed by atoms with Crippen LogP contribution >= 0.6 is 23.1 Å². The number of aromatic nitrogens is 1. The molecule has 2 amide bonds. The predicted molar refractivity (Wildman–Crippen MR) is 97.6 cm³/mol. The normalized spacial score (nSPS) is 24.8. The van der Waals surface area contributed by atoms with Crippen LogP contribution in [0.1, 0.15) is 25.5 Å². The highest BCUT2D eigenvalue weighted by molar-refractivity contribution is 8.00. The first kappa shape index (κ1) is 17.1. The van der Waals surface area contributed by atoms with Crippen LogP contribution in [0.15, 0.2) is 22.9 Å². The lowest BCUT2D eigenvalue weighted by atomic mass is 10.0. The van der Waals surface area contributed by atoms with Gasteiger partial charge in [-0.25, -0.2) is 4.98 Å². The summed E-state index contributed by atoms with van der Waals surface area (Å²) in [5.74, 6) is 0.149. The van der Waals surface area contributed by atoms with E-state index in [9.17, 15) is 14.4 Å². The largest absolute Gasteiger partial charge is 0.428 e. The zero-order valence-corrected chi connectivity index (χ0v) is 15.5. The number of fused-ring (bicyclic) bond motifs is 2. The van der Waals surface area contributed by atoms with E-state index in [0.717, 1.165) is 0 Å². The number of nitrogens with zero attached hydrogens (tertiary/aromatic N) is 2. The molecule has 1 saturated heterocycles. The van der Waals surface area contributed by atoms with Crippen molar-refractivity contribution in [2.24, 2.45) is 0 Å². The van der Waals surface area contributed by atoms with E-state index in [-0.39, 0.29) is 29.6 Å². The monoisotopic (exact) mass is 392 g/mol. The molecule has 3 N–H and O–H groups in total. The van der Waals surface area contributed by atoms with Gasteiger partial charge in [0.25, 0.3) is 11.8 Å². The summed E-state index contributed by atoms with van der Waals surface area (Å²) < 4.78 is 5.12. The van der Waals surface area contributed by atoms with Crippen LogP contribution in [0.25, 0.3) is 5.57 Å². The maximum absolute atomic E-state index is 12.7. The number of amides is 2. The second kappa shape index (κ2) is 6.44. The summed E-state index contributed by atoms with van der Waals surface area (Å²) in [5, 5.41) is 4.69. The highest BCUT2D eigenvalue weighted by atomic mass is 32.2. The van der Waals surface area contributed by atoms with Crippen molar-refractivity contribution < 1.29 is 19.1 Å². The number of nitrogens with one attached hydrogen (secondary N) is 1. The topological polar surface area (TPSA) is 115 Å². The van der Waals surface area contributed by atoms with Crippen molar-refractivity contribution in [2.75, 3.05) is 11.5 Å². The number of anilines is 1. The fraction of sp³-hybridized carbons (Fsp3) is 0.375. The van der Waals surface area contributed by atoms with E-state index < -0.39 is 6.04 Å². The van der Waals surface area contributed by atoms with Gasteiger partial charge in [-0.05, 0) is 6.42 Å². The van der Waals surface area contributed by atoms with E-state index in [1.54, 1.807) is 16.4 Å². The number of carbonyl (C=O) groups is 3. The van der Waals surface area contributed by atoms with Gasteiger partial charge >= 0.3 is 5.97 Å². The molecule has 8 nitrogen and oxygen atoms in total. The Bertz CT molecular complexity index is 875. The summed E-state index contributed by atoms with van der Waals surface area (Å²) in [6.07, 6.45) is 2.53. The minimum absolute atomic E-state index is 0.109. The summed E-state index contributed by atoms with van der Waals surface area (Å²) in [7, 11) is 0. The third kappa shape index (κ3) is 2.69. The van der Waals surface area contributed by atoms with Gasteiger partial charge in [-0.3, -0.25) is 19.3 Å². The average Bonchev–Trinajstić information content (AvgIpc) is 3.20. The van der Waals surface area contributed by atoms with Crippen molar-refractivity contribution >= 4 is 51.6 Å². The zero-order chi connectivity index (χ0) is 18.4. The van der Waals surface area contributed by atoms with Crippen molar-refractivity contribution in [3.8, 4) is 0 Å². The van der Waals surface area contributed by atoms with Gasteiger partial charge in [0.05, 0.1) is 29.1 Å². The Morgan fingerprint density at radius 1 is 1.54 bits per heavy atom. The van der Waals surface area contributed by atoms with Gasteiger partial charge < -0.3 is 15.8 Å². The first-order valence-electron chi connectivity index (χ1n) is 8.09. The number of esters is 1. The van der Waals surface area contributed by atoms with Gasteiger partial charge in [0.15, 0.2) is 5.13 Å². The molecule has 0 radical (unpaired) electrons. The number of hydrogen-bond acceptors (Lipinski definition) is 8. The van der Waals surface area contributed by atoms with Crippen LogP contribution in [0.2, 0.25) is 0 Å². The molecule has 0 aromatic carbocycles. The summed E-state index contributed by atoms with van der Waals surface area (Å²) in [5.41, 5.74) is 7.21. The number of nitrogens with two attached hydrogens (primary N) is 1. The van der Waals surface area contributed by atoms with Crippen molar-refractivity contribution in [1.82, 2.24) is 15.2 Å². The standard InChI is InChI=1S/C16H16N4O4S2/c1-2-3-7(8-5-26-16(17)18-8)13(22)19-12-14(23)20-9-4-11(21)24-10(9)6-25-15(12)20/h3,5,12,15H,2,4,6H2,1H3,(H2,17,18)(H,19,22)/b7-3-/t12-,15-/m1/s1. The molecule has 0 spiro atoms. The third-order valence-corrected chi connectivity index (χ3v) is 6.25. The fourth-order valence-electron chi connectivity index (χ4n) is 3.16. The lowest BCUT2D eigenvalue weighted by Crippen LogP contribution is -2.69. The summed E-state index contributed by atoms with van der Waals surface area (Å²) in [4.78, 5) is 42.5. The fourth-order valence-corrected chi connectivity index (χ4v) is 5.03. The molecule has 4 rings (SSSR count). The van der Waals surface area contributed by atoms with Gasteiger partial charge in [0, 0.05) is 5.38 Å². The molecule has 0 aliphatic carbocycles. The zero-order valence-electron chi connectivity index (χ0n) is 13.9. The lowest BCUT2D eigenvalue weighted by molar-refractivity contribution is -0.145. The van der Waals surface area contributed by atoms with E-state index >= 15 is 0 Å². The van der Waals surface area contributed by atoms with Gasteiger partial charge in [-0.1, -0.05) is 13.0 Å². The van der Waals surface area contributed by atoms with E-state index in [4.69, 9.17) is 10.5 Å². The minimum atomic E-state index is -0.631. The maximum atomic E-state index is 12.7. The molecule has 1 aromatic heterocycles. The van der Waals surface area contributed by atoms with Crippen LogP contribution in [-0.4, -0.2) is 44.8 Å². The number of allylic oxidation sites excluding steroid dienone is 1. The number of rotatable bonds is 4. The molecule has 0 saturated carbocycles. The minimum Gasteiger partial charge on any atom is -0.428 e. The first-order chi connectivity index (χ1) is 12.5. The molecule has 1 fully saturated rings. The molecule has 10 heteroatoms. The Morgan fingerprint density at radius 3 is 3.04 bits per heavy atom. The second-order valence-electron chi connectivity index (χ2n) is 5.98. The molecule has 2 atom stereocenters. The molecule has 1 aromatic rings. The Hall–Kier alpha value is -2.33.